The SMILES string of the molecule is COc1cc(C)c(S(=O)(=O)N(C)CCOCC(=O)N(C)Cc2ccc(N(C)CCN(C)C)cc2)c(C)c1. The number of benzene rings is 2. The maximum Gasteiger partial charge on any atom is 0.248 e. The van der Waals surface area contributed by atoms with Gasteiger partial charge in [0.25, 0.3) is 0 Å². The maximum absolute atomic E-state index is 13.1. The Kier molecular flexibility index (Phi) is 11.4. The van der Waals surface area contributed by atoms with E-state index >= 15 is 0 Å². The summed E-state index contributed by atoms with van der Waals surface area (Å²) < 4.78 is 38.2. The van der Waals surface area contributed by atoms with E-state index in [4.69, 9.17) is 9.47 Å². The summed E-state index contributed by atoms with van der Waals surface area (Å²) in [5, 5.41) is 0. The zero-order valence-corrected chi connectivity index (χ0v) is 24.3. The highest BCUT2D eigenvalue weighted by atomic mass is 32.2. The molecule has 0 radical (unpaired) electrons. The van der Waals surface area contributed by atoms with Crippen molar-refractivity contribution in [2.45, 2.75) is 25.3 Å². The summed E-state index contributed by atoms with van der Waals surface area (Å²) in [7, 11) is 7.26. The lowest BCUT2D eigenvalue weighted by Crippen LogP contribution is -2.33. The molecule has 0 heterocycles. The first kappa shape index (κ1) is 30.6. The fourth-order valence-corrected chi connectivity index (χ4v) is 5.43. The highest BCUT2D eigenvalue weighted by molar-refractivity contribution is 7.89. The molecule has 0 aliphatic carbocycles. The van der Waals surface area contributed by atoms with E-state index < -0.39 is 10.0 Å². The van der Waals surface area contributed by atoms with Crippen molar-refractivity contribution in [3.8, 4) is 5.75 Å². The molecule has 9 nitrogen and oxygen atoms in total. The number of hydrogen-bond donors (Lipinski definition) is 0. The number of likely N-dealkylation sites (N-methyl/N-ethyl adjacent to an activating group) is 4. The highest BCUT2D eigenvalue weighted by Crippen LogP contribution is 2.27. The summed E-state index contributed by atoms with van der Waals surface area (Å²) in [6.45, 7) is 5.99. The van der Waals surface area contributed by atoms with Gasteiger partial charge in [-0.3, -0.25) is 4.79 Å². The van der Waals surface area contributed by atoms with Gasteiger partial charge in [0, 0.05) is 53.0 Å². The first-order chi connectivity index (χ1) is 17.4. The van der Waals surface area contributed by atoms with Crippen molar-refractivity contribution < 1.29 is 22.7 Å². The van der Waals surface area contributed by atoms with Crippen molar-refractivity contribution in [3.63, 3.8) is 0 Å². The number of carbonyl (C=O) groups excluding carboxylic acids is 1. The Labute approximate surface area is 222 Å². The van der Waals surface area contributed by atoms with Crippen LogP contribution in [-0.2, 0) is 26.1 Å². The molecule has 0 saturated heterocycles. The predicted molar refractivity (Wildman–Crippen MR) is 148 cm³/mol. The molecule has 2 aromatic rings. The Hall–Kier alpha value is -2.66. The molecule has 0 aliphatic heterocycles. The molecular formula is C27H42N4O5S. The lowest BCUT2D eigenvalue weighted by Gasteiger charge is -2.22. The van der Waals surface area contributed by atoms with Gasteiger partial charge in [0.15, 0.2) is 0 Å². The number of ether oxygens (including phenoxy) is 2. The number of methoxy groups -OCH3 is 1. The second-order valence-electron chi connectivity index (χ2n) is 9.61. The van der Waals surface area contributed by atoms with E-state index in [9.17, 15) is 13.2 Å². The molecule has 0 spiro atoms. The zero-order valence-electron chi connectivity index (χ0n) is 23.4. The molecule has 37 heavy (non-hydrogen) atoms. The van der Waals surface area contributed by atoms with Crippen molar-refractivity contribution in [1.29, 1.82) is 0 Å². The summed E-state index contributed by atoms with van der Waals surface area (Å²) in [6, 6.07) is 11.6. The van der Waals surface area contributed by atoms with E-state index in [2.05, 4.69) is 43.1 Å². The van der Waals surface area contributed by atoms with Gasteiger partial charge in [-0.1, -0.05) is 12.1 Å². The average molecular weight is 535 g/mol. The first-order valence-corrected chi connectivity index (χ1v) is 13.7. The highest BCUT2D eigenvalue weighted by Gasteiger charge is 2.25. The van der Waals surface area contributed by atoms with E-state index in [1.165, 1.54) is 11.4 Å². The lowest BCUT2D eigenvalue weighted by atomic mass is 10.1. The Morgan fingerprint density at radius 3 is 2.03 bits per heavy atom. The number of hydrogen-bond acceptors (Lipinski definition) is 7. The van der Waals surface area contributed by atoms with Gasteiger partial charge in [0.05, 0.1) is 18.6 Å². The summed E-state index contributed by atoms with van der Waals surface area (Å²) in [5.74, 6) is 0.449. The van der Waals surface area contributed by atoms with E-state index in [0.29, 0.717) is 23.4 Å². The van der Waals surface area contributed by atoms with E-state index in [1.54, 1.807) is 45.0 Å². The largest absolute Gasteiger partial charge is 0.497 e. The Balaban J connectivity index is 1.83. The van der Waals surface area contributed by atoms with Crippen LogP contribution in [-0.4, -0.2) is 104 Å². The van der Waals surface area contributed by atoms with Crippen LogP contribution in [0.4, 0.5) is 5.69 Å². The minimum Gasteiger partial charge on any atom is -0.497 e. The summed E-state index contributed by atoms with van der Waals surface area (Å²) in [6.07, 6.45) is 0. The topological polar surface area (TPSA) is 82.6 Å². The van der Waals surface area contributed by atoms with Crippen LogP contribution in [0, 0.1) is 13.8 Å². The van der Waals surface area contributed by atoms with Gasteiger partial charge >= 0.3 is 0 Å². The van der Waals surface area contributed by atoms with Crippen LogP contribution in [0.25, 0.3) is 0 Å². The normalized spacial score (nSPS) is 11.7. The number of rotatable bonds is 14. The number of nitrogens with zero attached hydrogens (tertiary/aromatic N) is 4. The van der Waals surface area contributed by atoms with Crippen LogP contribution in [0.3, 0.4) is 0 Å². The lowest BCUT2D eigenvalue weighted by molar-refractivity contribution is -0.135. The Bertz CT molecular complexity index is 1110. The van der Waals surface area contributed by atoms with Crippen molar-refractivity contribution in [3.05, 3.63) is 53.1 Å². The molecule has 2 rings (SSSR count). The van der Waals surface area contributed by atoms with Crippen LogP contribution in [0.15, 0.2) is 41.3 Å². The molecule has 0 aromatic heterocycles. The first-order valence-electron chi connectivity index (χ1n) is 12.2. The van der Waals surface area contributed by atoms with Crippen molar-refractivity contribution in [1.82, 2.24) is 14.1 Å². The second-order valence-corrected chi connectivity index (χ2v) is 11.6. The molecule has 0 atom stereocenters. The van der Waals surface area contributed by atoms with Gasteiger partial charge in [0.1, 0.15) is 12.4 Å². The predicted octanol–water partition coefficient (Wildman–Crippen LogP) is 2.61. The fourth-order valence-electron chi connectivity index (χ4n) is 3.87. The summed E-state index contributed by atoms with van der Waals surface area (Å²) in [5.41, 5.74) is 3.39. The smallest absolute Gasteiger partial charge is 0.248 e. The standard InChI is InChI=1S/C27H42N4O5S/c1-21-17-25(35-8)18-22(2)27(21)37(33,34)31(7)15-16-36-20-26(32)30(6)19-23-9-11-24(12-10-23)29(5)14-13-28(3)4/h9-12,17-18H,13-16,19-20H2,1-8H3. The monoisotopic (exact) mass is 534 g/mol. The third-order valence-corrected chi connectivity index (χ3v) is 8.38. The van der Waals surface area contributed by atoms with Gasteiger partial charge < -0.3 is 24.2 Å². The number of sulfonamides is 1. The maximum atomic E-state index is 13.1. The fraction of sp³-hybridized carbons (Fsp3) is 0.519. The second kappa shape index (κ2) is 13.8. The number of aryl methyl sites for hydroxylation is 2. The third-order valence-electron chi connectivity index (χ3n) is 6.22. The van der Waals surface area contributed by atoms with Crippen LogP contribution >= 0.6 is 0 Å². The molecule has 206 valence electrons. The minimum atomic E-state index is -3.70. The molecule has 10 heteroatoms. The van der Waals surface area contributed by atoms with E-state index in [-0.39, 0.29) is 30.6 Å². The molecule has 2 aromatic carbocycles. The van der Waals surface area contributed by atoms with E-state index in [0.717, 1.165) is 24.3 Å². The van der Waals surface area contributed by atoms with Gasteiger partial charge in [0.2, 0.25) is 15.9 Å². The molecule has 0 N–H and O–H groups in total. The molecule has 0 saturated carbocycles. The minimum absolute atomic E-state index is 0.109. The van der Waals surface area contributed by atoms with Crippen LogP contribution in [0.1, 0.15) is 16.7 Å². The van der Waals surface area contributed by atoms with Crippen molar-refractivity contribution >= 4 is 21.6 Å². The summed E-state index contributed by atoms with van der Waals surface area (Å²) >= 11 is 0. The average Bonchev–Trinajstić information content (AvgIpc) is 2.84. The molecule has 1 amide bonds. The number of carbonyl (C=O) groups is 1. The molecule has 0 aliphatic rings. The number of anilines is 1. The molecule has 0 unspecified atom stereocenters. The summed E-state index contributed by atoms with van der Waals surface area (Å²) in [4.78, 5) is 18.7. The van der Waals surface area contributed by atoms with Crippen LogP contribution in [0.5, 0.6) is 5.75 Å². The van der Waals surface area contributed by atoms with Crippen molar-refractivity contribution in [2.24, 2.45) is 0 Å². The van der Waals surface area contributed by atoms with Crippen LogP contribution in [0.2, 0.25) is 0 Å². The van der Waals surface area contributed by atoms with Gasteiger partial charge in [-0.2, -0.15) is 4.31 Å². The Morgan fingerprint density at radius 2 is 1.49 bits per heavy atom. The van der Waals surface area contributed by atoms with Crippen LogP contribution < -0.4 is 9.64 Å². The zero-order chi connectivity index (χ0) is 27.8. The molecular weight excluding hydrogens is 492 g/mol. The van der Waals surface area contributed by atoms with Gasteiger partial charge in [-0.05, 0) is 68.9 Å². The quantitative estimate of drug-likeness (QED) is 0.345. The van der Waals surface area contributed by atoms with E-state index in [1.807, 2.05) is 12.1 Å². The third kappa shape index (κ3) is 8.70. The molecule has 0 fully saturated rings. The van der Waals surface area contributed by atoms with Crippen molar-refractivity contribution in [2.75, 3.05) is 80.1 Å². The van der Waals surface area contributed by atoms with Gasteiger partial charge in [-0.25, -0.2) is 8.42 Å². The van der Waals surface area contributed by atoms with Gasteiger partial charge in [-0.15, -0.1) is 0 Å². The number of amides is 1. The Morgan fingerprint density at radius 1 is 0.892 bits per heavy atom. The molecule has 0 bridgehead atoms.